The molecule has 5 aliphatic rings. The Bertz CT molecular complexity index is 903. The Morgan fingerprint density at radius 2 is 1.91 bits per heavy atom. The third-order valence-electron chi connectivity index (χ3n) is 11.3. The second kappa shape index (κ2) is 8.04. The van der Waals surface area contributed by atoms with Crippen molar-refractivity contribution in [2.45, 2.75) is 95.9 Å². The van der Waals surface area contributed by atoms with Crippen molar-refractivity contribution in [3.8, 4) is 0 Å². The Kier molecular flexibility index (Phi) is 5.74. The largest absolute Gasteiger partial charge is 0.458 e. The molecule has 7 heteroatoms. The number of esters is 1. The molecule has 0 bridgehead atoms. The fourth-order valence-corrected chi connectivity index (χ4v) is 9.22. The minimum Gasteiger partial charge on any atom is -0.458 e. The van der Waals surface area contributed by atoms with E-state index in [4.69, 9.17) is 10.5 Å². The first-order chi connectivity index (χ1) is 15.9. The number of hydrogen-bond donors (Lipinski definition) is 3. The molecule has 4 N–H and O–H groups in total. The normalized spacial score (nSPS) is 48.8. The zero-order valence-corrected chi connectivity index (χ0v) is 21.1. The SMILES string of the molecule is C[C@H](N)C(=O)N(C)[C@H]1CC[C@@]2(C)[C@H](CC[C@@H]3[C@@H]2C[C@@H](O)[C@]2(C)[C@@H](C4=CC(=O)OC4)CC[C@]32O)C1. The molecule has 5 rings (SSSR count). The molecule has 190 valence electrons. The fourth-order valence-electron chi connectivity index (χ4n) is 9.22. The molecule has 4 saturated carbocycles. The molecule has 7 nitrogen and oxygen atoms in total. The summed E-state index contributed by atoms with van der Waals surface area (Å²) < 4.78 is 5.19. The van der Waals surface area contributed by atoms with Gasteiger partial charge in [-0.05, 0) is 93.0 Å². The first-order valence-electron chi connectivity index (χ1n) is 13.2. The van der Waals surface area contributed by atoms with Crippen LogP contribution in [-0.4, -0.2) is 64.4 Å². The number of rotatable bonds is 3. The van der Waals surface area contributed by atoms with Gasteiger partial charge in [0.2, 0.25) is 5.91 Å². The van der Waals surface area contributed by atoms with Crippen LogP contribution in [0.25, 0.3) is 0 Å². The van der Waals surface area contributed by atoms with Gasteiger partial charge in [-0.2, -0.15) is 0 Å². The number of aliphatic hydroxyl groups is 2. The molecule has 0 aromatic rings. The van der Waals surface area contributed by atoms with Gasteiger partial charge in [0.15, 0.2) is 0 Å². The van der Waals surface area contributed by atoms with Crippen LogP contribution >= 0.6 is 0 Å². The van der Waals surface area contributed by atoms with Crippen LogP contribution in [0.5, 0.6) is 0 Å². The summed E-state index contributed by atoms with van der Waals surface area (Å²) in [6.45, 7) is 6.45. The number of hydrogen-bond acceptors (Lipinski definition) is 6. The van der Waals surface area contributed by atoms with E-state index >= 15 is 0 Å². The minimum absolute atomic E-state index is 0.00105. The summed E-state index contributed by atoms with van der Waals surface area (Å²) in [5, 5.41) is 24.0. The molecule has 0 unspecified atom stereocenters. The van der Waals surface area contributed by atoms with Crippen LogP contribution in [0.15, 0.2) is 11.6 Å². The third-order valence-corrected chi connectivity index (χ3v) is 11.3. The number of ether oxygens (including phenoxy) is 1. The second-order valence-corrected chi connectivity index (χ2v) is 12.5. The lowest BCUT2D eigenvalue weighted by molar-refractivity contribution is -0.243. The number of nitrogens with zero attached hydrogens (tertiary/aromatic N) is 1. The van der Waals surface area contributed by atoms with E-state index in [2.05, 4.69) is 13.8 Å². The van der Waals surface area contributed by atoms with E-state index in [0.717, 1.165) is 44.1 Å². The van der Waals surface area contributed by atoms with Crippen molar-refractivity contribution >= 4 is 11.9 Å². The quantitative estimate of drug-likeness (QED) is 0.542. The summed E-state index contributed by atoms with van der Waals surface area (Å²) in [7, 11) is 1.88. The maximum Gasteiger partial charge on any atom is 0.331 e. The highest BCUT2D eigenvalue weighted by atomic mass is 16.5. The molecule has 0 radical (unpaired) electrons. The number of aliphatic hydroxyl groups excluding tert-OH is 1. The van der Waals surface area contributed by atoms with E-state index in [1.54, 1.807) is 13.0 Å². The number of cyclic esters (lactones) is 1. The number of likely N-dealkylation sites (N-methyl/N-ethyl adjacent to an activating group) is 1. The van der Waals surface area contributed by atoms with Gasteiger partial charge in [-0.3, -0.25) is 4.79 Å². The van der Waals surface area contributed by atoms with Crippen molar-refractivity contribution in [3.05, 3.63) is 11.6 Å². The number of carbonyl (C=O) groups excluding carboxylic acids is 2. The molecular formula is C27H42N2O5. The lowest BCUT2D eigenvalue weighted by Crippen LogP contribution is -2.67. The Morgan fingerprint density at radius 3 is 2.56 bits per heavy atom. The number of amides is 1. The lowest BCUT2D eigenvalue weighted by atomic mass is 9.42. The van der Waals surface area contributed by atoms with Gasteiger partial charge >= 0.3 is 5.97 Å². The van der Waals surface area contributed by atoms with E-state index in [0.29, 0.717) is 18.8 Å². The van der Waals surface area contributed by atoms with Gasteiger partial charge in [0, 0.05) is 24.6 Å². The Morgan fingerprint density at radius 1 is 1.18 bits per heavy atom. The Labute approximate surface area is 203 Å². The fraction of sp³-hybridized carbons (Fsp3) is 0.852. The standard InChI is InChI=1S/C27H42N2O5/c1-15(28)24(32)29(4)18-7-9-25(2)17(12-18)5-6-20-21(25)13-22(30)26(3)19(8-10-27(20,26)33)16-11-23(31)34-14-16/h11,15,17-22,30,33H,5-10,12-14,28H2,1-4H3/t15-,17+,18-,19+,20+,21-,22+,25-,26-,27-/m0/s1. The molecule has 34 heavy (non-hydrogen) atoms. The first-order valence-corrected chi connectivity index (χ1v) is 13.2. The predicted octanol–water partition coefficient (Wildman–Crippen LogP) is 2.39. The van der Waals surface area contributed by atoms with Crippen molar-refractivity contribution in [1.29, 1.82) is 0 Å². The molecule has 1 aliphatic heterocycles. The number of nitrogens with two attached hydrogens (primary N) is 1. The molecule has 0 spiro atoms. The lowest BCUT2D eigenvalue weighted by Gasteiger charge is -2.65. The van der Waals surface area contributed by atoms with Crippen LogP contribution in [0.3, 0.4) is 0 Å². The highest BCUT2D eigenvalue weighted by Gasteiger charge is 2.70. The smallest absolute Gasteiger partial charge is 0.331 e. The van der Waals surface area contributed by atoms with Gasteiger partial charge in [-0.25, -0.2) is 4.79 Å². The maximum absolute atomic E-state index is 12.5. The molecule has 1 amide bonds. The van der Waals surface area contributed by atoms with Gasteiger partial charge in [-0.15, -0.1) is 0 Å². The van der Waals surface area contributed by atoms with E-state index < -0.39 is 23.2 Å². The Balaban J connectivity index is 1.40. The van der Waals surface area contributed by atoms with Gasteiger partial charge < -0.3 is 25.6 Å². The zero-order chi connectivity index (χ0) is 24.6. The predicted molar refractivity (Wildman–Crippen MR) is 127 cm³/mol. The van der Waals surface area contributed by atoms with Crippen LogP contribution in [0.4, 0.5) is 0 Å². The van der Waals surface area contributed by atoms with Crippen LogP contribution < -0.4 is 5.73 Å². The summed E-state index contributed by atoms with van der Waals surface area (Å²) in [5.74, 6) is 0.529. The monoisotopic (exact) mass is 474 g/mol. The van der Waals surface area contributed by atoms with E-state index in [1.165, 1.54) is 0 Å². The van der Waals surface area contributed by atoms with Gasteiger partial charge in [0.05, 0.1) is 17.7 Å². The van der Waals surface area contributed by atoms with Crippen molar-refractivity contribution in [2.24, 2.45) is 40.2 Å². The second-order valence-electron chi connectivity index (χ2n) is 12.5. The average Bonchev–Trinajstić information content (AvgIpc) is 3.34. The van der Waals surface area contributed by atoms with Gasteiger partial charge in [-0.1, -0.05) is 13.8 Å². The van der Waals surface area contributed by atoms with E-state index in [-0.39, 0.29) is 47.7 Å². The molecule has 4 fully saturated rings. The van der Waals surface area contributed by atoms with Crippen molar-refractivity contribution in [3.63, 3.8) is 0 Å². The van der Waals surface area contributed by atoms with Crippen LogP contribution in [0, 0.1) is 34.5 Å². The first kappa shape index (κ1) is 24.3. The molecule has 4 aliphatic carbocycles. The van der Waals surface area contributed by atoms with Crippen molar-refractivity contribution in [1.82, 2.24) is 4.90 Å². The molecule has 0 aromatic heterocycles. The molecule has 1 heterocycles. The minimum atomic E-state index is -0.945. The number of carbonyl (C=O) groups is 2. The van der Waals surface area contributed by atoms with Gasteiger partial charge in [0.25, 0.3) is 0 Å². The Hall–Kier alpha value is -1.44. The average molecular weight is 475 g/mol. The summed E-state index contributed by atoms with van der Waals surface area (Å²) in [6, 6.07) is -0.279. The zero-order valence-electron chi connectivity index (χ0n) is 21.1. The highest BCUT2D eigenvalue weighted by Crippen LogP contribution is 2.70. The topological polar surface area (TPSA) is 113 Å². The summed E-state index contributed by atoms with van der Waals surface area (Å²) in [4.78, 5) is 26.1. The van der Waals surface area contributed by atoms with E-state index in [9.17, 15) is 19.8 Å². The molecule has 0 aromatic carbocycles. The highest BCUT2D eigenvalue weighted by molar-refractivity contribution is 5.85. The summed E-state index contributed by atoms with van der Waals surface area (Å²) >= 11 is 0. The van der Waals surface area contributed by atoms with E-state index in [1.807, 2.05) is 11.9 Å². The van der Waals surface area contributed by atoms with Crippen LogP contribution in [0.1, 0.15) is 72.1 Å². The van der Waals surface area contributed by atoms with Crippen LogP contribution in [0.2, 0.25) is 0 Å². The maximum atomic E-state index is 12.5. The third kappa shape index (κ3) is 3.19. The van der Waals surface area contributed by atoms with Crippen LogP contribution in [-0.2, 0) is 14.3 Å². The molecule has 10 atom stereocenters. The summed E-state index contributed by atoms with van der Waals surface area (Å²) in [5.41, 5.74) is 5.23. The van der Waals surface area contributed by atoms with Gasteiger partial charge in [0.1, 0.15) is 6.61 Å². The molecular weight excluding hydrogens is 432 g/mol. The van der Waals surface area contributed by atoms with Crippen molar-refractivity contribution in [2.75, 3.05) is 13.7 Å². The number of fused-ring (bicyclic) bond motifs is 5. The van der Waals surface area contributed by atoms with Crippen molar-refractivity contribution < 1.29 is 24.5 Å². The molecule has 0 saturated heterocycles. The summed E-state index contributed by atoms with van der Waals surface area (Å²) in [6.07, 6.45) is 7.97.